The third kappa shape index (κ3) is 3.46. The summed E-state index contributed by atoms with van der Waals surface area (Å²) in [5, 5.41) is 34.6. The van der Waals surface area contributed by atoms with Gasteiger partial charge in [-0.1, -0.05) is 0 Å². The van der Waals surface area contributed by atoms with E-state index in [4.69, 9.17) is 0 Å². The van der Waals surface area contributed by atoms with Gasteiger partial charge in [-0.2, -0.15) is 10.4 Å². The fourth-order valence-electron chi connectivity index (χ4n) is 2.39. The average Bonchev–Trinajstić information content (AvgIpc) is 2.49. The van der Waals surface area contributed by atoms with Crippen molar-refractivity contribution in [3.05, 3.63) is 22.2 Å². The van der Waals surface area contributed by atoms with Gasteiger partial charge in [-0.25, -0.2) is 0 Å². The number of quaternary nitrogens is 1. The number of hydrogen-bond donors (Lipinski definition) is 3. The van der Waals surface area contributed by atoms with Gasteiger partial charge in [0.2, 0.25) is 0 Å². The Labute approximate surface area is 130 Å². The van der Waals surface area contributed by atoms with E-state index in [0.717, 1.165) is 0 Å². The molecule has 0 unspecified atom stereocenters. The van der Waals surface area contributed by atoms with Crippen molar-refractivity contribution >= 4 is 22.7 Å². The minimum Gasteiger partial charge on any atom is -0.378 e. The Hall–Kier alpha value is -1.90. The Morgan fingerprint density at radius 1 is 1.23 bits per heavy atom. The molecule has 0 saturated heterocycles. The first-order valence-corrected chi connectivity index (χ1v) is 7.48. The van der Waals surface area contributed by atoms with E-state index in [2.05, 4.69) is 5.32 Å². The molecule has 1 aromatic carbocycles. The largest absolute Gasteiger partial charge is 0.378 e. The van der Waals surface area contributed by atoms with Crippen LogP contribution < -0.4 is 15.0 Å². The zero-order chi connectivity index (χ0) is 16.9. The molecule has 1 aromatic rings. The van der Waals surface area contributed by atoms with Crippen LogP contribution in [-0.2, 0) is 0 Å². The summed E-state index contributed by atoms with van der Waals surface area (Å²) in [5.41, 5.74) is 0.531. The van der Waals surface area contributed by atoms with Crippen LogP contribution in [0.25, 0.3) is 0 Å². The Kier molecular flexibility index (Phi) is 6.10. The summed E-state index contributed by atoms with van der Waals surface area (Å²) in [4.78, 5) is 11.4. The highest BCUT2D eigenvalue weighted by Gasteiger charge is 2.38. The van der Waals surface area contributed by atoms with Crippen molar-refractivity contribution in [3.8, 4) is 0 Å². The van der Waals surface area contributed by atoms with E-state index in [1.165, 1.54) is 13.0 Å². The number of nitro groups is 1. The molecule has 8 nitrogen and oxygen atoms in total. The molecule has 22 heavy (non-hydrogen) atoms. The molecule has 0 fully saturated rings. The van der Waals surface area contributed by atoms with Crippen LogP contribution in [0.2, 0.25) is 0 Å². The third-order valence-corrected chi connectivity index (χ3v) is 3.60. The summed E-state index contributed by atoms with van der Waals surface area (Å²) in [6.07, 6.45) is 0. The molecule has 0 atom stereocenters. The Bertz CT molecular complexity index is 530. The van der Waals surface area contributed by atoms with Gasteiger partial charge < -0.3 is 10.2 Å². The van der Waals surface area contributed by atoms with Gasteiger partial charge in [0.15, 0.2) is 0 Å². The Morgan fingerprint density at radius 3 is 2.23 bits per heavy atom. The maximum Gasteiger partial charge on any atom is 0.360 e. The van der Waals surface area contributed by atoms with Gasteiger partial charge in [0.25, 0.3) is 5.69 Å². The quantitative estimate of drug-likeness (QED) is 0.388. The molecule has 0 radical (unpaired) electrons. The summed E-state index contributed by atoms with van der Waals surface area (Å²) >= 11 is 0. The van der Waals surface area contributed by atoms with Crippen molar-refractivity contribution < 1.29 is 15.3 Å². The number of hydrogen-bond acceptors (Lipinski definition) is 6. The van der Waals surface area contributed by atoms with Gasteiger partial charge in [-0.3, -0.25) is 10.1 Å². The number of hydroxylamine groups is 2. The highest BCUT2D eigenvalue weighted by atomic mass is 16.8. The molecule has 0 heterocycles. The van der Waals surface area contributed by atoms with E-state index < -0.39 is 9.73 Å². The molecule has 0 amide bonds. The van der Waals surface area contributed by atoms with E-state index in [9.17, 15) is 20.5 Å². The lowest BCUT2D eigenvalue weighted by Gasteiger charge is -2.26. The average molecular weight is 313 g/mol. The first-order chi connectivity index (χ1) is 10.3. The second-order valence-corrected chi connectivity index (χ2v) is 4.83. The van der Waals surface area contributed by atoms with Crippen LogP contribution in [0.1, 0.15) is 27.7 Å². The molecule has 0 spiro atoms. The monoisotopic (exact) mass is 313 g/mol. The molecule has 8 heteroatoms. The number of benzene rings is 1. The molecule has 1 rings (SSSR count). The molecule has 0 aliphatic carbocycles. The van der Waals surface area contributed by atoms with Crippen LogP contribution >= 0.6 is 0 Å². The van der Waals surface area contributed by atoms with Crippen LogP contribution in [0.3, 0.4) is 0 Å². The van der Waals surface area contributed by atoms with Crippen molar-refractivity contribution in [1.29, 1.82) is 0 Å². The van der Waals surface area contributed by atoms with E-state index in [-0.39, 0.29) is 17.9 Å². The van der Waals surface area contributed by atoms with Crippen molar-refractivity contribution in [2.45, 2.75) is 27.7 Å². The lowest BCUT2D eigenvalue weighted by Crippen LogP contribution is -2.42. The van der Waals surface area contributed by atoms with E-state index in [0.29, 0.717) is 31.0 Å². The first-order valence-electron chi connectivity index (χ1n) is 7.48. The normalized spacial score (nSPS) is 11.4. The van der Waals surface area contributed by atoms with Crippen molar-refractivity contribution in [2.75, 3.05) is 36.4 Å². The summed E-state index contributed by atoms with van der Waals surface area (Å²) in [7, 11) is 0. The second kappa shape index (κ2) is 7.39. The zero-order valence-electron chi connectivity index (χ0n) is 13.5. The number of rotatable bonds is 8. The smallest absolute Gasteiger partial charge is 0.360 e. The molecule has 124 valence electrons. The maximum atomic E-state index is 11.5. The fourth-order valence-corrected chi connectivity index (χ4v) is 2.39. The zero-order valence-corrected chi connectivity index (χ0v) is 13.5. The predicted molar refractivity (Wildman–Crippen MR) is 86.7 cm³/mol. The predicted octanol–water partition coefficient (Wildman–Crippen LogP) is 2.98. The standard InChI is InChI=1S/C14H25N4O4/c1-5-15-13-11(16(6-2)7-3)9-10-12(14(13)17(19)20)18(21,22)8-4/h9-10,15,21-22H,5-8H2,1-4H3/q+1. The SMILES string of the molecule is CCNc1c(N(CC)CC)ccc([N+](O)(O)CC)c1[N+](=O)[O-]. The molecule has 0 aliphatic heterocycles. The molecule has 0 saturated carbocycles. The minimum absolute atomic E-state index is 0.100. The molecular weight excluding hydrogens is 288 g/mol. The minimum atomic E-state index is -1.52. The number of nitrogens with zero attached hydrogens (tertiary/aromatic N) is 3. The fraction of sp³-hybridized carbons (Fsp3) is 0.571. The van der Waals surface area contributed by atoms with Crippen molar-refractivity contribution in [1.82, 2.24) is 4.81 Å². The Morgan fingerprint density at radius 2 is 1.82 bits per heavy atom. The van der Waals surface area contributed by atoms with E-state index >= 15 is 0 Å². The van der Waals surface area contributed by atoms with Gasteiger partial charge in [-0.15, -0.1) is 0 Å². The maximum absolute atomic E-state index is 11.5. The Balaban J connectivity index is 3.66. The summed E-state index contributed by atoms with van der Waals surface area (Å²) in [5.74, 6) is 0. The van der Waals surface area contributed by atoms with Crippen LogP contribution in [0.5, 0.6) is 0 Å². The number of nitrogens with one attached hydrogen (secondary N) is 1. The van der Waals surface area contributed by atoms with Gasteiger partial charge in [0, 0.05) is 25.7 Å². The van der Waals surface area contributed by atoms with Crippen molar-refractivity contribution in [3.63, 3.8) is 0 Å². The highest BCUT2D eigenvalue weighted by molar-refractivity contribution is 5.86. The highest BCUT2D eigenvalue weighted by Crippen LogP contribution is 2.43. The molecule has 3 N–H and O–H groups in total. The first kappa shape index (κ1) is 18.1. The van der Waals surface area contributed by atoms with Crippen LogP contribution in [0.4, 0.5) is 22.7 Å². The summed E-state index contributed by atoms with van der Waals surface area (Å²) in [6, 6.07) is 3.08. The van der Waals surface area contributed by atoms with Crippen LogP contribution in [0.15, 0.2) is 12.1 Å². The van der Waals surface area contributed by atoms with Gasteiger partial charge >= 0.3 is 5.69 Å². The third-order valence-electron chi connectivity index (χ3n) is 3.60. The summed E-state index contributed by atoms with van der Waals surface area (Å²) in [6.45, 7) is 9.07. The molecule has 0 aromatic heterocycles. The van der Waals surface area contributed by atoms with Crippen LogP contribution in [0, 0.1) is 10.1 Å². The van der Waals surface area contributed by atoms with Gasteiger partial charge in [0.05, 0.1) is 10.6 Å². The second-order valence-electron chi connectivity index (χ2n) is 4.83. The van der Waals surface area contributed by atoms with E-state index in [1.54, 1.807) is 6.07 Å². The number of nitro benzene ring substituents is 1. The van der Waals surface area contributed by atoms with E-state index in [1.807, 2.05) is 25.7 Å². The lowest BCUT2D eigenvalue weighted by atomic mass is 10.1. The van der Waals surface area contributed by atoms with Gasteiger partial charge in [-0.05, 0) is 38.6 Å². The lowest BCUT2D eigenvalue weighted by molar-refractivity contribution is -0.388. The molecule has 0 aliphatic rings. The van der Waals surface area contributed by atoms with Crippen LogP contribution in [-0.4, -0.2) is 41.5 Å². The molecule has 0 bridgehead atoms. The molecular formula is C14H25N4O4+. The van der Waals surface area contributed by atoms with Crippen molar-refractivity contribution in [2.24, 2.45) is 0 Å². The van der Waals surface area contributed by atoms with Gasteiger partial charge in [0.1, 0.15) is 12.2 Å². The summed E-state index contributed by atoms with van der Waals surface area (Å²) < 4.78 is 0. The number of anilines is 2. The topological polar surface area (TPSA) is 98.9 Å².